The van der Waals surface area contributed by atoms with Gasteiger partial charge in [0.2, 0.25) is 11.7 Å². The molecule has 0 saturated carbocycles. The van der Waals surface area contributed by atoms with Crippen molar-refractivity contribution in [1.29, 1.82) is 0 Å². The van der Waals surface area contributed by atoms with Gasteiger partial charge in [0.05, 0.1) is 6.26 Å². The van der Waals surface area contributed by atoms with Crippen LogP contribution in [0.1, 0.15) is 35.3 Å². The van der Waals surface area contributed by atoms with Crippen molar-refractivity contribution in [3.63, 3.8) is 0 Å². The van der Waals surface area contributed by atoms with Crippen molar-refractivity contribution in [3.8, 4) is 11.4 Å². The molecule has 2 aromatic heterocycles. The van der Waals surface area contributed by atoms with E-state index in [0.717, 1.165) is 18.4 Å². The van der Waals surface area contributed by atoms with Gasteiger partial charge in [-0.25, -0.2) is 0 Å². The van der Waals surface area contributed by atoms with Gasteiger partial charge in [-0.3, -0.25) is 4.79 Å². The number of rotatable bonds is 3. The van der Waals surface area contributed by atoms with Gasteiger partial charge in [-0.1, -0.05) is 16.8 Å². The predicted molar refractivity (Wildman–Crippen MR) is 86.5 cm³/mol. The molecule has 3 heterocycles. The van der Waals surface area contributed by atoms with E-state index in [2.05, 4.69) is 10.1 Å². The number of hydrogen-bond acceptors (Lipinski definition) is 5. The van der Waals surface area contributed by atoms with Crippen LogP contribution in [0.15, 0.2) is 51.6 Å². The molecule has 1 amide bonds. The Morgan fingerprint density at radius 2 is 2.08 bits per heavy atom. The number of carbonyl (C=O) groups excluding carboxylic acids is 1. The summed E-state index contributed by atoms with van der Waals surface area (Å²) in [7, 11) is 0. The summed E-state index contributed by atoms with van der Waals surface area (Å²) in [5.41, 5.74) is 0.816. The zero-order chi connectivity index (χ0) is 16.5. The second-order valence-corrected chi connectivity index (χ2v) is 6.03. The lowest BCUT2D eigenvalue weighted by molar-refractivity contribution is 0.0678. The Morgan fingerprint density at radius 3 is 2.83 bits per heavy atom. The number of benzene rings is 1. The third-order valence-electron chi connectivity index (χ3n) is 4.07. The van der Waals surface area contributed by atoms with E-state index in [0.29, 0.717) is 29.0 Å². The Hall–Kier alpha value is -2.60. The first kappa shape index (κ1) is 15.0. The highest BCUT2D eigenvalue weighted by molar-refractivity contribution is 6.30. The quantitative estimate of drug-likeness (QED) is 0.719. The van der Waals surface area contributed by atoms with Gasteiger partial charge in [0, 0.05) is 17.1 Å². The molecule has 4 rings (SSSR count). The summed E-state index contributed by atoms with van der Waals surface area (Å²) in [6.07, 6.45) is 3.16. The second-order valence-electron chi connectivity index (χ2n) is 5.60. The summed E-state index contributed by atoms with van der Waals surface area (Å²) in [6.45, 7) is 0.642. The number of aromatic nitrogens is 2. The van der Waals surface area contributed by atoms with Gasteiger partial charge >= 0.3 is 0 Å². The number of furan rings is 1. The molecule has 1 atom stereocenters. The Balaban J connectivity index is 1.59. The maximum absolute atomic E-state index is 12.5. The molecule has 24 heavy (non-hydrogen) atoms. The third kappa shape index (κ3) is 2.69. The molecule has 0 spiro atoms. The number of amides is 1. The van der Waals surface area contributed by atoms with Gasteiger partial charge in [0.25, 0.3) is 5.91 Å². The number of nitrogens with zero attached hydrogens (tertiary/aromatic N) is 3. The predicted octanol–water partition coefficient (Wildman–Crippen LogP) is 3.96. The van der Waals surface area contributed by atoms with Crippen LogP contribution in [0.3, 0.4) is 0 Å². The van der Waals surface area contributed by atoms with Crippen LogP contribution in [0.4, 0.5) is 0 Å². The molecular weight excluding hydrogens is 330 g/mol. The van der Waals surface area contributed by atoms with E-state index in [1.807, 2.05) is 12.1 Å². The first-order valence-electron chi connectivity index (χ1n) is 7.66. The lowest BCUT2D eigenvalue weighted by Crippen LogP contribution is -2.30. The second kappa shape index (κ2) is 6.13. The Kier molecular flexibility index (Phi) is 3.82. The molecule has 7 heteroatoms. The fraction of sp³-hybridized carbons (Fsp3) is 0.235. The van der Waals surface area contributed by atoms with Crippen molar-refractivity contribution in [2.45, 2.75) is 18.9 Å². The monoisotopic (exact) mass is 343 g/mol. The van der Waals surface area contributed by atoms with Crippen molar-refractivity contribution in [3.05, 3.63) is 59.3 Å². The minimum Gasteiger partial charge on any atom is -0.459 e. The highest BCUT2D eigenvalue weighted by Crippen LogP contribution is 2.33. The smallest absolute Gasteiger partial charge is 0.290 e. The van der Waals surface area contributed by atoms with Crippen molar-refractivity contribution >= 4 is 17.5 Å². The van der Waals surface area contributed by atoms with E-state index in [1.165, 1.54) is 6.26 Å². The number of hydrogen-bond donors (Lipinski definition) is 0. The van der Waals surface area contributed by atoms with Crippen LogP contribution < -0.4 is 0 Å². The molecule has 6 nitrogen and oxygen atoms in total. The van der Waals surface area contributed by atoms with Crippen molar-refractivity contribution in [2.75, 3.05) is 6.54 Å². The zero-order valence-corrected chi connectivity index (χ0v) is 13.4. The molecule has 1 fully saturated rings. The lowest BCUT2D eigenvalue weighted by atomic mass is 10.2. The maximum Gasteiger partial charge on any atom is 0.290 e. The normalized spacial score (nSPS) is 17.4. The Bertz CT molecular complexity index is 842. The summed E-state index contributed by atoms with van der Waals surface area (Å²) in [5, 5.41) is 4.67. The van der Waals surface area contributed by atoms with E-state index in [-0.39, 0.29) is 11.9 Å². The molecule has 0 N–H and O–H groups in total. The lowest BCUT2D eigenvalue weighted by Gasteiger charge is -2.20. The molecule has 1 aliphatic rings. The number of carbonyl (C=O) groups is 1. The van der Waals surface area contributed by atoms with Crippen LogP contribution >= 0.6 is 11.6 Å². The minimum atomic E-state index is -0.226. The summed E-state index contributed by atoms with van der Waals surface area (Å²) >= 11 is 5.89. The minimum absolute atomic E-state index is 0.159. The largest absolute Gasteiger partial charge is 0.459 e. The number of likely N-dealkylation sites (tertiary alicyclic amines) is 1. The average molecular weight is 344 g/mol. The van der Waals surface area contributed by atoms with E-state index in [9.17, 15) is 4.79 Å². The first-order valence-corrected chi connectivity index (χ1v) is 8.04. The summed E-state index contributed by atoms with van der Waals surface area (Å²) in [5.74, 6) is 1.09. The average Bonchev–Trinajstić information content (AvgIpc) is 3.34. The standard InChI is InChI=1S/C17H14ClN3O3/c18-12-7-5-11(6-8-12)15-19-16(24-20-15)13-3-1-9-21(13)17(22)14-4-2-10-23-14/h2,4-8,10,13H,1,3,9H2/t13-/m1/s1. The molecule has 0 bridgehead atoms. The summed E-state index contributed by atoms with van der Waals surface area (Å²) < 4.78 is 10.6. The fourth-order valence-corrected chi connectivity index (χ4v) is 3.02. The highest BCUT2D eigenvalue weighted by Gasteiger charge is 2.35. The molecule has 0 aliphatic carbocycles. The molecule has 0 unspecified atom stereocenters. The molecule has 1 saturated heterocycles. The summed E-state index contributed by atoms with van der Waals surface area (Å²) in [6, 6.07) is 10.3. The SMILES string of the molecule is O=C(c1ccco1)N1CCC[C@@H]1c1nc(-c2ccc(Cl)cc2)no1. The fourth-order valence-electron chi connectivity index (χ4n) is 2.90. The molecular formula is C17H14ClN3O3. The van der Waals surface area contributed by atoms with Crippen LogP contribution in [0.5, 0.6) is 0 Å². The van der Waals surface area contributed by atoms with E-state index in [1.54, 1.807) is 29.2 Å². The molecule has 0 radical (unpaired) electrons. The van der Waals surface area contributed by atoms with Gasteiger partial charge in [0.15, 0.2) is 5.76 Å². The topological polar surface area (TPSA) is 72.4 Å². The Labute approximate surface area is 143 Å². The van der Waals surface area contributed by atoms with Gasteiger partial charge < -0.3 is 13.8 Å². The highest BCUT2D eigenvalue weighted by atomic mass is 35.5. The van der Waals surface area contributed by atoms with Crippen molar-refractivity contribution in [1.82, 2.24) is 15.0 Å². The van der Waals surface area contributed by atoms with E-state index < -0.39 is 0 Å². The van der Waals surface area contributed by atoms with Crippen LogP contribution in [-0.2, 0) is 0 Å². The van der Waals surface area contributed by atoms with Gasteiger partial charge in [-0.2, -0.15) is 4.98 Å². The van der Waals surface area contributed by atoms with Crippen LogP contribution in [-0.4, -0.2) is 27.5 Å². The van der Waals surface area contributed by atoms with Crippen LogP contribution in [0, 0.1) is 0 Å². The third-order valence-corrected chi connectivity index (χ3v) is 4.33. The number of halogens is 1. The molecule has 1 aromatic carbocycles. The van der Waals surface area contributed by atoms with Gasteiger partial charge in [-0.05, 0) is 49.2 Å². The maximum atomic E-state index is 12.5. The Morgan fingerprint density at radius 1 is 1.25 bits per heavy atom. The van der Waals surface area contributed by atoms with Crippen LogP contribution in [0.25, 0.3) is 11.4 Å². The first-order chi connectivity index (χ1) is 11.7. The molecule has 1 aliphatic heterocycles. The summed E-state index contributed by atoms with van der Waals surface area (Å²) in [4.78, 5) is 18.7. The molecule has 3 aromatic rings. The van der Waals surface area contributed by atoms with Crippen molar-refractivity contribution < 1.29 is 13.7 Å². The van der Waals surface area contributed by atoms with E-state index in [4.69, 9.17) is 20.5 Å². The zero-order valence-electron chi connectivity index (χ0n) is 12.7. The van der Waals surface area contributed by atoms with Gasteiger partial charge in [0.1, 0.15) is 6.04 Å². The molecule has 122 valence electrons. The van der Waals surface area contributed by atoms with Crippen LogP contribution in [0.2, 0.25) is 5.02 Å². The van der Waals surface area contributed by atoms with Crippen molar-refractivity contribution in [2.24, 2.45) is 0 Å². The van der Waals surface area contributed by atoms with E-state index >= 15 is 0 Å². The van der Waals surface area contributed by atoms with Gasteiger partial charge in [-0.15, -0.1) is 0 Å².